The molecule has 0 radical (unpaired) electrons. The van der Waals surface area contributed by atoms with Crippen LogP contribution in [-0.4, -0.2) is 9.97 Å². The molecule has 0 amide bonds. The average molecular weight is 426 g/mol. The van der Waals surface area contributed by atoms with Crippen molar-refractivity contribution in [3.8, 4) is 11.3 Å². The van der Waals surface area contributed by atoms with Crippen LogP contribution in [0.15, 0.2) is 65.3 Å². The van der Waals surface area contributed by atoms with E-state index in [1.54, 1.807) is 0 Å². The normalized spacial score (nSPS) is 12.4. The number of aromatic amines is 1. The summed E-state index contributed by atoms with van der Waals surface area (Å²) in [4.78, 5) is 8.30. The van der Waals surface area contributed by atoms with Crippen molar-refractivity contribution in [2.24, 2.45) is 5.92 Å². The Morgan fingerprint density at radius 3 is 2.59 bits per heavy atom. The van der Waals surface area contributed by atoms with Crippen molar-refractivity contribution in [3.63, 3.8) is 0 Å². The van der Waals surface area contributed by atoms with Crippen molar-refractivity contribution >= 4 is 15.9 Å². The predicted octanol–water partition coefficient (Wildman–Crippen LogP) is 6.50. The number of nitrogens with zero attached hydrogens (tertiary/aromatic N) is 1. The predicted molar refractivity (Wildman–Crippen MR) is 116 cm³/mol. The number of nitrogens with one attached hydrogen (secondary N) is 2. The molecule has 3 nitrogen and oxygen atoms in total. The number of hydrogen-bond acceptors (Lipinski definition) is 2. The molecule has 0 spiro atoms. The number of hydrogen-bond donors (Lipinski definition) is 2. The van der Waals surface area contributed by atoms with Crippen LogP contribution in [0.4, 0.5) is 0 Å². The van der Waals surface area contributed by atoms with Gasteiger partial charge in [0.05, 0.1) is 11.7 Å². The highest BCUT2D eigenvalue weighted by atomic mass is 79.9. The topological polar surface area (TPSA) is 40.7 Å². The molecule has 1 atom stereocenters. The van der Waals surface area contributed by atoms with Gasteiger partial charge in [0.25, 0.3) is 0 Å². The Bertz CT molecular complexity index is 826. The molecule has 0 aliphatic rings. The van der Waals surface area contributed by atoms with Crippen LogP contribution in [0, 0.1) is 5.92 Å². The molecule has 0 bridgehead atoms. The molecule has 0 fully saturated rings. The summed E-state index contributed by atoms with van der Waals surface area (Å²) in [5.41, 5.74) is 3.41. The maximum atomic E-state index is 4.89. The van der Waals surface area contributed by atoms with Crippen LogP contribution in [-0.2, 0) is 6.54 Å². The summed E-state index contributed by atoms with van der Waals surface area (Å²) in [5, 5.41) is 3.70. The average Bonchev–Trinajstić information content (AvgIpc) is 3.15. The zero-order valence-corrected chi connectivity index (χ0v) is 17.7. The lowest BCUT2D eigenvalue weighted by Crippen LogP contribution is -2.22. The third-order valence-electron chi connectivity index (χ3n) is 4.72. The highest BCUT2D eigenvalue weighted by Crippen LogP contribution is 2.25. The molecule has 0 unspecified atom stereocenters. The maximum absolute atomic E-state index is 4.89. The van der Waals surface area contributed by atoms with Crippen LogP contribution < -0.4 is 5.32 Å². The van der Waals surface area contributed by atoms with Crippen LogP contribution in [0.1, 0.15) is 50.5 Å². The molecule has 4 heteroatoms. The van der Waals surface area contributed by atoms with Gasteiger partial charge in [-0.1, -0.05) is 85.1 Å². The minimum atomic E-state index is 0.227. The van der Waals surface area contributed by atoms with Crippen LogP contribution in [0.2, 0.25) is 0 Å². The summed E-state index contributed by atoms with van der Waals surface area (Å²) in [6, 6.07) is 19.0. The first kappa shape index (κ1) is 19.8. The van der Waals surface area contributed by atoms with E-state index in [4.69, 9.17) is 4.98 Å². The van der Waals surface area contributed by atoms with Crippen molar-refractivity contribution in [2.75, 3.05) is 0 Å². The zero-order chi connectivity index (χ0) is 19.1. The van der Waals surface area contributed by atoms with E-state index < -0.39 is 0 Å². The molecule has 1 aromatic heterocycles. The molecule has 142 valence electrons. The number of halogens is 1. The van der Waals surface area contributed by atoms with Gasteiger partial charge >= 0.3 is 0 Å². The van der Waals surface area contributed by atoms with Gasteiger partial charge in [0.2, 0.25) is 0 Å². The summed E-state index contributed by atoms with van der Waals surface area (Å²) in [6.45, 7) is 5.41. The van der Waals surface area contributed by atoms with Crippen molar-refractivity contribution in [2.45, 2.75) is 45.7 Å². The Hall–Kier alpha value is -1.91. The summed E-state index contributed by atoms with van der Waals surface area (Å²) in [6.07, 6.45) is 5.52. The van der Waals surface area contributed by atoms with Crippen LogP contribution in [0.5, 0.6) is 0 Å². The Kier molecular flexibility index (Phi) is 7.25. The Morgan fingerprint density at radius 1 is 1.04 bits per heavy atom. The molecule has 1 heterocycles. The Balaban J connectivity index is 1.73. The van der Waals surface area contributed by atoms with Gasteiger partial charge in [-0.25, -0.2) is 4.98 Å². The molecule has 2 N–H and O–H groups in total. The molecule has 0 saturated carbocycles. The van der Waals surface area contributed by atoms with Crippen LogP contribution in [0.25, 0.3) is 11.3 Å². The standard InChI is InChI=1S/C23H28BrN3/c1-17(2)8-6-13-21(25-15-18-9-4-3-5-10-18)23-26-16-22(27-23)19-11-7-12-20(24)14-19/h3-5,7,9-12,14,16-17,21,25H,6,8,13,15H2,1-2H3,(H,26,27)/t21-/m1/s1. The minimum Gasteiger partial charge on any atom is -0.347 e. The summed E-state index contributed by atoms with van der Waals surface area (Å²) in [7, 11) is 0. The van der Waals surface area contributed by atoms with E-state index in [0.29, 0.717) is 0 Å². The molecule has 3 aromatic rings. The maximum Gasteiger partial charge on any atom is 0.124 e. The molecule has 0 aliphatic carbocycles. The zero-order valence-electron chi connectivity index (χ0n) is 16.1. The van der Waals surface area contributed by atoms with E-state index in [2.05, 4.69) is 82.5 Å². The monoisotopic (exact) mass is 425 g/mol. The highest BCUT2D eigenvalue weighted by Gasteiger charge is 2.16. The van der Waals surface area contributed by atoms with Crippen molar-refractivity contribution in [1.82, 2.24) is 15.3 Å². The fourth-order valence-electron chi connectivity index (χ4n) is 3.21. The van der Waals surface area contributed by atoms with Gasteiger partial charge in [-0.05, 0) is 30.0 Å². The number of rotatable bonds is 9. The second kappa shape index (κ2) is 9.86. The SMILES string of the molecule is CC(C)CCC[C@@H](NCc1ccccc1)c1nc(-c2cccc(Br)c2)c[nH]1. The molecular formula is C23H28BrN3. The molecular weight excluding hydrogens is 398 g/mol. The first-order valence-electron chi connectivity index (χ1n) is 9.70. The summed E-state index contributed by atoms with van der Waals surface area (Å²) in [5.74, 6) is 1.75. The fourth-order valence-corrected chi connectivity index (χ4v) is 3.61. The van der Waals surface area contributed by atoms with E-state index in [1.165, 1.54) is 18.4 Å². The molecule has 3 rings (SSSR count). The van der Waals surface area contributed by atoms with Gasteiger partial charge in [0.1, 0.15) is 5.82 Å². The Labute approximate surface area is 170 Å². The van der Waals surface area contributed by atoms with E-state index in [-0.39, 0.29) is 6.04 Å². The lowest BCUT2D eigenvalue weighted by molar-refractivity contribution is 0.434. The largest absolute Gasteiger partial charge is 0.347 e. The lowest BCUT2D eigenvalue weighted by atomic mass is 10.0. The smallest absolute Gasteiger partial charge is 0.124 e. The molecule has 2 aromatic carbocycles. The van der Waals surface area contributed by atoms with Gasteiger partial charge in [-0.3, -0.25) is 0 Å². The molecule has 27 heavy (non-hydrogen) atoms. The summed E-state index contributed by atoms with van der Waals surface area (Å²) >= 11 is 3.54. The third kappa shape index (κ3) is 6.05. The number of benzene rings is 2. The van der Waals surface area contributed by atoms with E-state index in [1.807, 2.05) is 18.3 Å². The third-order valence-corrected chi connectivity index (χ3v) is 5.21. The first-order chi connectivity index (χ1) is 13.1. The quantitative estimate of drug-likeness (QED) is 0.410. The van der Waals surface area contributed by atoms with Crippen LogP contribution in [0.3, 0.4) is 0 Å². The highest BCUT2D eigenvalue weighted by molar-refractivity contribution is 9.10. The van der Waals surface area contributed by atoms with Gasteiger partial charge in [-0.2, -0.15) is 0 Å². The Morgan fingerprint density at radius 2 is 1.85 bits per heavy atom. The van der Waals surface area contributed by atoms with Crippen LogP contribution >= 0.6 is 15.9 Å². The van der Waals surface area contributed by atoms with E-state index in [9.17, 15) is 0 Å². The van der Waals surface area contributed by atoms with Crippen molar-refractivity contribution < 1.29 is 0 Å². The number of H-pyrrole nitrogens is 1. The number of aromatic nitrogens is 2. The molecule has 0 aliphatic heterocycles. The first-order valence-corrected chi connectivity index (χ1v) is 10.5. The second-order valence-corrected chi connectivity index (χ2v) is 8.34. The van der Waals surface area contributed by atoms with Gasteiger partial charge in [-0.15, -0.1) is 0 Å². The van der Waals surface area contributed by atoms with Gasteiger partial charge in [0, 0.05) is 22.8 Å². The van der Waals surface area contributed by atoms with Crippen molar-refractivity contribution in [1.29, 1.82) is 0 Å². The number of imidazole rings is 1. The second-order valence-electron chi connectivity index (χ2n) is 7.43. The minimum absolute atomic E-state index is 0.227. The van der Waals surface area contributed by atoms with E-state index in [0.717, 1.165) is 40.4 Å². The van der Waals surface area contributed by atoms with Gasteiger partial charge < -0.3 is 10.3 Å². The van der Waals surface area contributed by atoms with E-state index >= 15 is 0 Å². The summed E-state index contributed by atoms with van der Waals surface area (Å²) < 4.78 is 1.07. The lowest BCUT2D eigenvalue weighted by Gasteiger charge is -2.17. The van der Waals surface area contributed by atoms with Gasteiger partial charge in [0.15, 0.2) is 0 Å². The molecule has 0 saturated heterocycles. The fraction of sp³-hybridized carbons (Fsp3) is 0.348. The van der Waals surface area contributed by atoms with Crippen molar-refractivity contribution in [3.05, 3.63) is 76.7 Å².